The molecule has 2 aliphatic rings. The highest BCUT2D eigenvalue weighted by atomic mass is 35.5. The van der Waals surface area contributed by atoms with Crippen molar-refractivity contribution in [1.29, 1.82) is 0 Å². The van der Waals surface area contributed by atoms with E-state index < -0.39 is 44.7 Å². The number of amides is 2. The first-order valence-corrected chi connectivity index (χ1v) is 18.3. The molecule has 0 radical (unpaired) electrons. The van der Waals surface area contributed by atoms with Crippen molar-refractivity contribution in [3.63, 3.8) is 0 Å². The SMILES string of the molecule is CC(C)(O)c1cc(F)c2c(c1)C(=O)N(Cc1ccc(Cl)cn1)C2(OCC1(NC(=O)OCCS(C)(C)C)CC1)c1ccc(Cl)cc1. The molecule has 2 N–H and O–H groups in total. The van der Waals surface area contributed by atoms with Gasteiger partial charge in [-0.15, -0.1) is 0 Å². The molecule has 1 aliphatic carbocycles. The van der Waals surface area contributed by atoms with E-state index >= 15 is 4.39 Å². The minimum Gasteiger partial charge on any atom is -0.449 e. The second-order valence-corrected chi connectivity index (χ2v) is 18.5. The molecule has 5 rings (SSSR count). The van der Waals surface area contributed by atoms with Crippen LogP contribution in [0, 0.1) is 5.82 Å². The fourth-order valence-electron chi connectivity index (χ4n) is 5.29. The maximum atomic E-state index is 16.4. The number of nitrogens with zero attached hydrogens (tertiary/aromatic N) is 2. The van der Waals surface area contributed by atoms with Crippen molar-refractivity contribution in [2.75, 3.05) is 37.7 Å². The van der Waals surface area contributed by atoms with Crippen LogP contribution in [0.1, 0.15) is 59.4 Å². The molecular formula is C33H38Cl2FN3O5S. The van der Waals surface area contributed by atoms with Gasteiger partial charge in [-0.25, -0.2) is 19.2 Å². The molecule has 242 valence electrons. The third-order valence-corrected chi connectivity index (χ3v) is 9.91. The molecule has 2 heterocycles. The number of hydrogen-bond donors (Lipinski definition) is 2. The quantitative estimate of drug-likeness (QED) is 0.238. The first kappa shape index (κ1) is 33.5. The van der Waals surface area contributed by atoms with Crippen molar-refractivity contribution in [1.82, 2.24) is 15.2 Å². The number of rotatable bonds is 11. The van der Waals surface area contributed by atoms with Crippen molar-refractivity contribution >= 4 is 45.2 Å². The Balaban J connectivity index is 1.57. The van der Waals surface area contributed by atoms with E-state index in [1.807, 2.05) is 0 Å². The molecule has 3 aromatic rings. The van der Waals surface area contributed by atoms with E-state index in [2.05, 4.69) is 29.1 Å². The molecule has 0 spiro atoms. The standard InChI is InChI=1S/C33H38Cl2FN3O5S/c1-31(2,42)22-16-26-28(27(36)17-22)33(21-6-8-23(34)9-7-21,39(29(26)40)19-25-11-10-24(35)18-37-25)44-20-32(12-13-32)38-30(41)43-14-15-45(3,4)5/h6-11,16-18,42H,12-15,19-20H2,1-5H3,(H,38,41). The Morgan fingerprint density at radius 1 is 1.11 bits per heavy atom. The Kier molecular flexibility index (Phi) is 9.20. The van der Waals surface area contributed by atoms with Gasteiger partial charge < -0.3 is 19.9 Å². The van der Waals surface area contributed by atoms with Crippen LogP contribution in [-0.4, -0.2) is 70.3 Å². The number of nitrogens with one attached hydrogen (secondary N) is 1. The summed E-state index contributed by atoms with van der Waals surface area (Å²) in [5.41, 5.74) is -2.70. The third kappa shape index (κ3) is 7.25. The minimum atomic E-state index is -1.77. The summed E-state index contributed by atoms with van der Waals surface area (Å²) in [7, 11) is -0.836. The summed E-state index contributed by atoms with van der Waals surface area (Å²) >= 11 is 12.3. The number of pyridine rings is 1. The summed E-state index contributed by atoms with van der Waals surface area (Å²) in [6.07, 6.45) is 8.60. The van der Waals surface area contributed by atoms with Gasteiger partial charge in [-0.2, -0.15) is 0 Å². The zero-order valence-electron chi connectivity index (χ0n) is 26.0. The smallest absolute Gasteiger partial charge is 0.407 e. The van der Waals surface area contributed by atoms with Crippen LogP contribution in [-0.2, 0) is 27.3 Å². The molecule has 2 aromatic carbocycles. The molecule has 1 aliphatic heterocycles. The van der Waals surface area contributed by atoms with Crippen LogP contribution in [0.25, 0.3) is 0 Å². The van der Waals surface area contributed by atoms with Crippen molar-refractivity contribution in [3.05, 3.63) is 98.5 Å². The predicted molar refractivity (Wildman–Crippen MR) is 176 cm³/mol. The van der Waals surface area contributed by atoms with Crippen LogP contribution >= 0.6 is 33.2 Å². The fraction of sp³-hybridized carbons (Fsp3) is 0.424. The second kappa shape index (κ2) is 12.4. The molecule has 1 saturated carbocycles. The normalized spacial score (nSPS) is 19.3. The fourth-order valence-corrected chi connectivity index (χ4v) is 6.11. The highest BCUT2D eigenvalue weighted by Crippen LogP contribution is 2.50. The van der Waals surface area contributed by atoms with Gasteiger partial charge in [0.2, 0.25) is 0 Å². The first-order valence-electron chi connectivity index (χ1n) is 14.5. The van der Waals surface area contributed by atoms with Gasteiger partial charge in [-0.3, -0.25) is 14.7 Å². The number of fused-ring (bicyclic) bond motifs is 1. The maximum Gasteiger partial charge on any atom is 0.407 e. The summed E-state index contributed by atoms with van der Waals surface area (Å²) in [4.78, 5) is 32.9. The van der Waals surface area contributed by atoms with Crippen LogP contribution < -0.4 is 5.32 Å². The predicted octanol–water partition coefficient (Wildman–Crippen LogP) is 6.58. The number of carbonyl (C=O) groups excluding carboxylic acids is 2. The van der Waals surface area contributed by atoms with E-state index in [1.54, 1.807) is 36.4 Å². The topological polar surface area (TPSA) is 101 Å². The van der Waals surface area contributed by atoms with Crippen LogP contribution in [0.4, 0.5) is 9.18 Å². The average Bonchev–Trinajstić information content (AvgIpc) is 3.67. The number of alkyl carbamates (subject to hydrolysis) is 1. The van der Waals surface area contributed by atoms with Gasteiger partial charge in [-0.05, 0) is 87.4 Å². The van der Waals surface area contributed by atoms with Gasteiger partial charge in [0.15, 0.2) is 5.72 Å². The molecule has 1 atom stereocenters. The number of benzene rings is 2. The summed E-state index contributed by atoms with van der Waals surface area (Å²) in [6, 6.07) is 12.7. The van der Waals surface area contributed by atoms with E-state index in [0.717, 1.165) is 5.75 Å². The Hall–Kier alpha value is -2.89. The zero-order chi connectivity index (χ0) is 32.8. The Morgan fingerprint density at radius 2 is 1.78 bits per heavy atom. The molecule has 0 saturated heterocycles. The molecule has 1 unspecified atom stereocenters. The van der Waals surface area contributed by atoms with E-state index in [1.165, 1.54) is 37.1 Å². The molecule has 0 bridgehead atoms. The van der Waals surface area contributed by atoms with Crippen LogP contribution in [0.2, 0.25) is 10.0 Å². The maximum absolute atomic E-state index is 16.4. The molecular weight excluding hydrogens is 640 g/mol. The lowest BCUT2D eigenvalue weighted by Crippen LogP contribution is -2.50. The lowest BCUT2D eigenvalue weighted by atomic mass is 9.88. The van der Waals surface area contributed by atoms with Crippen molar-refractivity contribution in [2.24, 2.45) is 0 Å². The minimum absolute atomic E-state index is 0.00307. The number of aromatic nitrogens is 1. The van der Waals surface area contributed by atoms with Gasteiger partial charge >= 0.3 is 6.09 Å². The van der Waals surface area contributed by atoms with E-state index in [9.17, 15) is 14.7 Å². The number of halogens is 3. The van der Waals surface area contributed by atoms with Gasteiger partial charge in [0.1, 0.15) is 12.4 Å². The molecule has 1 fully saturated rings. The summed E-state index contributed by atoms with van der Waals surface area (Å²) in [5.74, 6) is -0.452. The second-order valence-electron chi connectivity index (χ2n) is 13.1. The monoisotopic (exact) mass is 677 g/mol. The highest BCUT2D eigenvalue weighted by Gasteiger charge is 2.57. The van der Waals surface area contributed by atoms with Crippen LogP contribution in [0.3, 0.4) is 0 Å². The largest absolute Gasteiger partial charge is 0.449 e. The number of aliphatic hydroxyl groups is 1. The van der Waals surface area contributed by atoms with Crippen molar-refractivity contribution < 1.29 is 28.6 Å². The van der Waals surface area contributed by atoms with Gasteiger partial charge in [0.05, 0.1) is 46.1 Å². The molecule has 1 aromatic heterocycles. The first-order chi connectivity index (χ1) is 21.0. The summed E-state index contributed by atoms with van der Waals surface area (Å²) < 4.78 is 28.7. The van der Waals surface area contributed by atoms with Crippen molar-refractivity contribution in [3.8, 4) is 0 Å². The van der Waals surface area contributed by atoms with E-state index in [0.29, 0.717) is 40.8 Å². The Bertz CT molecular complexity index is 1590. The summed E-state index contributed by atoms with van der Waals surface area (Å²) in [6.45, 7) is 3.25. The number of ether oxygens (including phenoxy) is 2. The zero-order valence-corrected chi connectivity index (χ0v) is 28.3. The van der Waals surface area contributed by atoms with Gasteiger partial charge in [0, 0.05) is 22.5 Å². The van der Waals surface area contributed by atoms with E-state index in [-0.39, 0.29) is 29.8 Å². The van der Waals surface area contributed by atoms with Crippen LogP contribution in [0.15, 0.2) is 54.7 Å². The van der Waals surface area contributed by atoms with Gasteiger partial charge in [0.25, 0.3) is 5.91 Å². The molecule has 12 heteroatoms. The van der Waals surface area contributed by atoms with Gasteiger partial charge in [-0.1, -0.05) is 35.3 Å². The van der Waals surface area contributed by atoms with Crippen LogP contribution in [0.5, 0.6) is 0 Å². The lowest BCUT2D eigenvalue weighted by molar-refractivity contribution is -0.121. The van der Waals surface area contributed by atoms with Crippen molar-refractivity contribution in [2.45, 2.75) is 50.1 Å². The molecule has 45 heavy (non-hydrogen) atoms. The Labute approximate surface area is 274 Å². The Morgan fingerprint density at radius 3 is 2.36 bits per heavy atom. The van der Waals surface area contributed by atoms with E-state index in [4.69, 9.17) is 32.7 Å². The molecule has 2 amide bonds. The average molecular weight is 679 g/mol. The molecule has 8 nitrogen and oxygen atoms in total. The lowest BCUT2D eigenvalue weighted by Gasteiger charge is -2.40. The number of hydrogen-bond acceptors (Lipinski definition) is 6. The third-order valence-electron chi connectivity index (χ3n) is 8.04. The number of carbonyl (C=O) groups is 2. The summed E-state index contributed by atoms with van der Waals surface area (Å²) in [5, 5.41) is 14.6. The highest BCUT2D eigenvalue weighted by molar-refractivity contribution is 8.32.